The van der Waals surface area contributed by atoms with Crippen molar-refractivity contribution in [3.05, 3.63) is 75.5 Å². The van der Waals surface area contributed by atoms with Crippen molar-refractivity contribution in [2.45, 2.75) is 32.6 Å². The van der Waals surface area contributed by atoms with Gasteiger partial charge in [-0.1, -0.05) is 24.1 Å². The molecule has 0 bridgehead atoms. The molecule has 8 nitrogen and oxygen atoms in total. The Morgan fingerprint density at radius 3 is 2.63 bits per heavy atom. The van der Waals surface area contributed by atoms with Gasteiger partial charge in [0.1, 0.15) is 5.75 Å². The zero-order valence-corrected chi connectivity index (χ0v) is 20.5. The van der Waals surface area contributed by atoms with Gasteiger partial charge in [0.2, 0.25) is 6.41 Å². The number of allylic oxidation sites excluding steroid dienone is 3. The molecule has 1 saturated carbocycles. The van der Waals surface area contributed by atoms with Crippen molar-refractivity contribution in [2.75, 3.05) is 13.7 Å². The van der Waals surface area contributed by atoms with Gasteiger partial charge in [-0.05, 0) is 61.6 Å². The minimum absolute atomic E-state index is 0.159. The fourth-order valence-corrected chi connectivity index (χ4v) is 3.84. The Labute approximate surface area is 209 Å². The number of amides is 2. The van der Waals surface area contributed by atoms with E-state index in [2.05, 4.69) is 10.6 Å². The average molecular weight is 497 g/mol. The summed E-state index contributed by atoms with van der Waals surface area (Å²) in [6.07, 6.45) is 10.3. The molecular weight excluding hydrogens is 468 g/mol. The molecule has 1 fully saturated rings. The smallest absolute Gasteiger partial charge is 0.263 e. The van der Waals surface area contributed by atoms with Crippen LogP contribution in [0.4, 0.5) is 0 Å². The fraction of sp³-hybridized carbons (Fsp3) is 0.269. The van der Waals surface area contributed by atoms with Crippen molar-refractivity contribution < 1.29 is 14.3 Å². The number of aromatic nitrogens is 1. The lowest BCUT2D eigenvalue weighted by molar-refractivity contribution is -0.115. The van der Waals surface area contributed by atoms with Crippen LogP contribution in [0.2, 0.25) is 5.02 Å². The van der Waals surface area contributed by atoms with E-state index in [1.54, 1.807) is 24.3 Å². The maximum Gasteiger partial charge on any atom is 0.263 e. The number of carbonyl (C=O) groups excluding carboxylic acids is 2. The quantitative estimate of drug-likeness (QED) is 0.343. The Bertz CT molecular complexity index is 1250. The van der Waals surface area contributed by atoms with Crippen LogP contribution in [0.25, 0.3) is 22.4 Å². The van der Waals surface area contributed by atoms with E-state index in [9.17, 15) is 14.4 Å². The highest BCUT2D eigenvalue weighted by Gasteiger charge is 2.19. The molecule has 3 rings (SSSR count). The first-order chi connectivity index (χ1) is 16.9. The lowest BCUT2D eigenvalue weighted by atomic mass is 9.91. The molecular formula is C26H29ClN4O4. The fourth-order valence-electron chi connectivity index (χ4n) is 3.61. The van der Waals surface area contributed by atoms with Gasteiger partial charge in [0.15, 0.2) is 0 Å². The molecule has 0 atom stereocenters. The second-order valence-corrected chi connectivity index (χ2v) is 8.45. The van der Waals surface area contributed by atoms with Crippen LogP contribution < -0.4 is 26.7 Å². The second kappa shape index (κ2) is 12.1. The van der Waals surface area contributed by atoms with Gasteiger partial charge in [-0.3, -0.25) is 19.0 Å². The number of nitrogens with zero attached hydrogens (tertiary/aromatic N) is 1. The number of nitrogens with two attached hydrogens (primary N) is 1. The summed E-state index contributed by atoms with van der Waals surface area (Å²) >= 11 is 6.35. The van der Waals surface area contributed by atoms with Crippen molar-refractivity contribution in [1.82, 2.24) is 15.2 Å². The van der Waals surface area contributed by atoms with E-state index in [0.717, 1.165) is 25.7 Å². The van der Waals surface area contributed by atoms with Crippen molar-refractivity contribution in [3.8, 4) is 16.9 Å². The first-order valence-corrected chi connectivity index (χ1v) is 11.7. The molecule has 35 heavy (non-hydrogen) atoms. The van der Waals surface area contributed by atoms with Crippen molar-refractivity contribution in [3.63, 3.8) is 0 Å². The summed E-state index contributed by atoms with van der Waals surface area (Å²) in [5.74, 6) is 0.0887. The van der Waals surface area contributed by atoms with E-state index >= 15 is 0 Å². The highest BCUT2D eigenvalue weighted by molar-refractivity contribution is 6.31. The zero-order valence-electron chi connectivity index (χ0n) is 19.8. The number of pyridine rings is 1. The van der Waals surface area contributed by atoms with Crippen molar-refractivity contribution >= 4 is 35.2 Å². The van der Waals surface area contributed by atoms with Crippen LogP contribution >= 0.6 is 11.6 Å². The minimum atomic E-state index is -0.441. The van der Waals surface area contributed by atoms with Gasteiger partial charge >= 0.3 is 0 Å². The molecule has 0 spiro atoms. The topological polar surface area (TPSA) is 115 Å². The normalized spacial score (nSPS) is 13.6. The third kappa shape index (κ3) is 6.22. The summed E-state index contributed by atoms with van der Waals surface area (Å²) in [7, 11) is 1.48. The number of nitrogens with one attached hydrogen (secondary N) is 2. The Morgan fingerprint density at radius 1 is 1.26 bits per heavy atom. The molecule has 4 N–H and O–H groups in total. The highest BCUT2D eigenvalue weighted by Crippen LogP contribution is 2.30. The molecule has 9 heteroatoms. The molecule has 0 saturated heterocycles. The standard InChI is InChI=1S/C26H29ClN4O4/c1-3-7-35-22-10-18(9-20(27)12-22)23-11-19(24(14-30-16-32)25(33)29-2)15-31(26(23)34)21(13-28)8-17-5-4-6-17/h8-16H,3-7,28H2,1-2H3,(H,29,33)(H,30,32)/b21-13+,24-14-. The van der Waals surface area contributed by atoms with Crippen molar-refractivity contribution in [1.29, 1.82) is 0 Å². The molecule has 1 aromatic heterocycles. The number of rotatable bonds is 10. The Kier molecular flexibility index (Phi) is 8.92. The summed E-state index contributed by atoms with van der Waals surface area (Å²) < 4.78 is 7.14. The number of benzene rings is 1. The lowest BCUT2D eigenvalue weighted by Crippen LogP contribution is -2.25. The van der Waals surface area contributed by atoms with E-state index in [1.165, 1.54) is 35.8 Å². The number of likely N-dealkylation sites (N-methyl/N-ethyl adjacent to an activating group) is 1. The van der Waals surface area contributed by atoms with Gasteiger partial charge in [-0.25, -0.2) is 0 Å². The molecule has 0 radical (unpaired) electrons. The van der Waals surface area contributed by atoms with Gasteiger partial charge in [0.25, 0.3) is 11.5 Å². The van der Waals surface area contributed by atoms with Crippen LogP contribution in [0.15, 0.2) is 59.3 Å². The Balaban J connectivity index is 2.28. The van der Waals surface area contributed by atoms with Gasteiger partial charge in [-0.2, -0.15) is 0 Å². The van der Waals surface area contributed by atoms with Crippen LogP contribution in [-0.2, 0) is 9.59 Å². The zero-order chi connectivity index (χ0) is 25.4. The van der Waals surface area contributed by atoms with E-state index in [1.807, 2.05) is 13.0 Å². The summed E-state index contributed by atoms with van der Waals surface area (Å²) in [6, 6.07) is 6.66. The molecule has 1 aliphatic rings. The van der Waals surface area contributed by atoms with Crippen LogP contribution in [0, 0.1) is 0 Å². The Morgan fingerprint density at radius 2 is 2.03 bits per heavy atom. The lowest BCUT2D eigenvalue weighted by Gasteiger charge is -2.19. The minimum Gasteiger partial charge on any atom is -0.494 e. The monoisotopic (exact) mass is 496 g/mol. The first kappa shape index (κ1) is 25.8. The maximum atomic E-state index is 13.7. The molecule has 2 aromatic rings. The first-order valence-electron chi connectivity index (χ1n) is 11.4. The predicted molar refractivity (Wildman–Crippen MR) is 139 cm³/mol. The van der Waals surface area contributed by atoms with Crippen molar-refractivity contribution in [2.24, 2.45) is 5.73 Å². The third-order valence-electron chi connectivity index (χ3n) is 5.55. The summed E-state index contributed by atoms with van der Waals surface area (Å²) in [6.45, 7) is 2.49. The van der Waals surface area contributed by atoms with E-state index in [0.29, 0.717) is 46.2 Å². The largest absolute Gasteiger partial charge is 0.494 e. The van der Waals surface area contributed by atoms with Crippen LogP contribution in [0.1, 0.15) is 38.2 Å². The van der Waals surface area contributed by atoms with Crippen LogP contribution in [0.5, 0.6) is 5.75 Å². The number of hydrogen-bond donors (Lipinski definition) is 3. The summed E-state index contributed by atoms with van der Waals surface area (Å²) in [5, 5.41) is 5.37. The predicted octanol–water partition coefficient (Wildman–Crippen LogP) is 3.66. The van der Waals surface area contributed by atoms with Gasteiger partial charge in [0.05, 0.1) is 17.9 Å². The van der Waals surface area contributed by atoms with E-state index < -0.39 is 5.91 Å². The molecule has 1 aromatic carbocycles. The number of halogens is 1. The number of ether oxygens (including phenoxy) is 1. The van der Waals surface area contributed by atoms with Gasteiger partial charge < -0.3 is 21.1 Å². The van der Waals surface area contributed by atoms with Crippen LogP contribution in [-0.4, -0.2) is 30.5 Å². The molecule has 2 amide bonds. The SMILES string of the molecule is CCCOc1cc(Cl)cc(-c2cc(/C(=C/NC=O)C(=O)NC)cn(/C(C=C3CCC3)=C/N)c2=O)c1. The third-order valence-corrected chi connectivity index (χ3v) is 5.77. The molecule has 184 valence electrons. The maximum absolute atomic E-state index is 13.7. The van der Waals surface area contributed by atoms with Crippen LogP contribution in [0.3, 0.4) is 0 Å². The molecule has 0 aliphatic heterocycles. The van der Waals surface area contributed by atoms with E-state index in [4.69, 9.17) is 22.1 Å². The highest BCUT2D eigenvalue weighted by atomic mass is 35.5. The molecule has 0 unspecified atom stereocenters. The van der Waals surface area contributed by atoms with E-state index in [-0.39, 0.29) is 11.1 Å². The van der Waals surface area contributed by atoms with Gasteiger partial charge in [0, 0.05) is 41.8 Å². The Hall–Kier alpha value is -3.78. The van der Waals surface area contributed by atoms with Gasteiger partial charge in [-0.15, -0.1) is 0 Å². The molecule has 1 heterocycles. The number of carbonyl (C=O) groups is 2. The number of hydrogen-bond acceptors (Lipinski definition) is 5. The summed E-state index contributed by atoms with van der Waals surface area (Å²) in [5.41, 5.74) is 8.62. The molecule has 1 aliphatic carbocycles. The summed E-state index contributed by atoms with van der Waals surface area (Å²) in [4.78, 5) is 37.3. The second-order valence-electron chi connectivity index (χ2n) is 8.01. The average Bonchev–Trinajstić information content (AvgIpc) is 2.82.